The van der Waals surface area contributed by atoms with E-state index < -0.39 is 17.3 Å². The Morgan fingerprint density at radius 2 is 1.67 bits per heavy atom. The van der Waals surface area contributed by atoms with Crippen LogP contribution in [0.4, 0.5) is 19.0 Å². The molecule has 24 heavy (non-hydrogen) atoms. The summed E-state index contributed by atoms with van der Waals surface area (Å²) in [7, 11) is 0. The minimum absolute atomic E-state index is 0.470. The fourth-order valence-electron chi connectivity index (χ4n) is 2.90. The molecule has 2 aromatic rings. The first kappa shape index (κ1) is 17.0. The highest BCUT2D eigenvalue weighted by molar-refractivity contribution is 6.30. The van der Waals surface area contributed by atoms with Crippen molar-refractivity contribution >= 4 is 17.4 Å². The summed E-state index contributed by atoms with van der Waals surface area (Å²) in [6.45, 7) is 1.02. The van der Waals surface area contributed by atoms with Gasteiger partial charge in [-0.1, -0.05) is 23.7 Å². The Labute approximate surface area is 142 Å². The van der Waals surface area contributed by atoms with Crippen molar-refractivity contribution in [3.63, 3.8) is 0 Å². The van der Waals surface area contributed by atoms with E-state index in [4.69, 9.17) is 11.6 Å². The molecule has 0 amide bonds. The van der Waals surface area contributed by atoms with Gasteiger partial charge in [0, 0.05) is 24.3 Å². The summed E-state index contributed by atoms with van der Waals surface area (Å²) >= 11 is 5.87. The molecule has 1 fully saturated rings. The van der Waals surface area contributed by atoms with E-state index in [1.165, 1.54) is 6.07 Å². The van der Waals surface area contributed by atoms with Crippen LogP contribution in [0.15, 0.2) is 42.6 Å². The number of pyridine rings is 1. The molecule has 0 aliphatic carbocycles. The average molecular weight is 357 g/mol. The van der Waals surface area contributed by atoms with Crippen molar-refractivity contribution in [1.82, 2.24) is 4.98 Å². The molecule has 128 valence electrons. The molecular formula is C17H16ClF3N2O. The molecule has 0 radical (unpaired) electrons. The predicted molar refractivity (Wildman–Crippen MR) is 86.0 cm³/mol. The molecule has 1 N–H and O–H groups in total. The summed E-state index contributed by atoms with van der Waals surface area (Å²) in [5.41, 5.74) is -0.916. The average Bonchev–Trinajstić information content (AvgIpc) is 2.55. The molecule has 0 spiro atoms. The van der Waals surface area contributed by atoms with E-state index in [1.54, 1.807) is 24.3 Å². The van der Waals surface area contributed by atoms with Gasteiger partial charge in [-0.05, 0) is 42.7 Å². The molecule has 7 heteroatoms. The standard InChI is InChI=1S/C17H16ClF3N2O/c18-14-4-1-12(2-5-14)16(24)7-9-23(10-8-16)15-6-3-13(11-22-15)17(19,20)21/h1-6,11,24H,7-10H2. The number of hydrogen-bond donors (Lipinski definition) is 1. The number of piperidine rings is 1. The maximum atomic E-state index is 12.6. The number of hydrogen-bond acceptors (Lipinski definition) is 3. The van der Waals surface area contributed by atoms with E-state index in [0.29, 0.717) is 36.8 Å². The minimum Gasteiger partial charge on any atom is -0.385 e. The number of rotatable bonds is 2. The monoisotopic (exact) mass is 356 g/mol. The lowest BCUT2D eigenvalue weighted by Crippen LogP contribution is -2.43. The lowest BCUT2D eigenvalue weighted by molar-refractivity contribution is -0.137. The first-order valence-corrected chi connectivity index (χ1v) is 7.92. The lowest BCUT2D eigenvalue weighted by Gasteiger charge is -2.39. The number of nitrogens with zero attached hydrogens (tertiary/aromatic N) is 2. The van der Waals surface area contributed by atoms with Crippen LogP contribution in [-0.4, -0.2) is 23.2 Å². The van der Waals surface area contributed by atoms with Crippen LogP contribution in [-0.2, 0) is 11.8 Å². The molecule has 1 aromatic carbocycles. The fraction of sp³-hybridized carbons (Fsp3) is 0.353. The van der Waals surface area contributed by atoms with Gasteiger partial charge in [-0.25, -0.2) is 4.98 Å². The van der Waals surface area contributed by atoms with Gasteiger partial charge in [0.2, 0.25) is 0 Å². The van der Waals surface area contributed by atoms with Gasteiger partial charge in [0.05, 0.1) is 11.2 Å². The Bertz CT molecular complexity index is 693. The zero-order chi connectivity index (χ0) is 17.4. The zero-order valence-corrected chi connectivity index (χ0v) is 13.5. The SMILES string of the molecule is OC1(c2ccc(Cl)cc2)CCN(c2ccc(C(F)(F)F)cn2)CC1. The number of anilines is 1. The van der Waals surface area contributed by atoms with Crippen LogP contribution in [0.25, 0.3) is 0 Å². The smallest absolute Gasteiger partial charge is 0.385 e. The Morgan fingerprint density at radius 1 is 1.04 bits per heavy atom. The first-order chi connectivity index (χ1) is 11.3. The molecule has 0 bridgehead atoms. The maximum absolute atomic E-state index is 12.6. The van der Waals surface area contributed by atoms with E-state index in [9.17, 15) is 18.3 Å². The number of aromatic nitrogens is 1. The second kappa shape index (κ2) is 6.26. The van der Waals surface area contributed by atoms with Gasteiger partial charge in [0.15, 0.2) is 0 Å². The Balaban J connectivity index is 1.69. The van der Waals surface area contributed by atoms with Gasteiger partial charge in [-0.15, -0.1) is 0 Å². The van der Waals surface area contributed by atoms with Crippen LogP contribution < -0.4 is 4.90 Å². The van der Waals surface area contributed by atoms with Crippen molar-refractivity contribution in [2.24, 2.45) is 0 Å². The van der Waals surface area contributed by atoms with E-state index in [-0.39, 0.29) is 0 Å². The maximum Gasteiger partial charge on any atom is 0.417 e. The summed E-state index contributed by atoms with van der Waals surface area (Å²) in [5, 5.41) is 11.4. The van der Waals surface area contributed by atoms with Crippen molar-refractivity contribution in [2.45, 2.75) is 24.6 Å². The van der Waals surface area contributed by atoms with Gasteiger partial charge in [0.25, 0.3) is 0 Å². The van der Waals surface area contributed by atoms with E-state index in [1.807, 2.05) is 4.90 Å². The second-order valence-corrected chi connectivity index (χ2v) is 6.36. The minimum atomic E-state index is -4.39. The predicted octanol–water partition coefficient (Wildman–Crippen LogP) is 4.24. The van der Waals surface area contributed by atoms with Crippen LogP contribution in [0, 0.1) is 0 Å². The highest BCUT2D eigenvalue weighted by atomic mass is 35.5. The molecule has 1 aromatic heterocycles. The molecule has 1 aliphatic heterocycles. The topological polar surface area (TPSA) is 36.4 Å². The molecule has 2 heterocycles. The zero-order valence-electron chi connectivity index (χ0n) is 12.7. The first-order valence-electron chi connectivity index (χ1n) is 7.55. The summed E-state index contributed by atoms with van der Waals surface area (Å²) in [6, 6.07) is 9.47. The lowest BCUT2D eigenvalue weighted by atomic mass is 9.84. The highest BCUT2D eigenvalue weighted by Crippen LogP contribution is 2.35. The Morgan fingerprint density at radius 3 is 2.17 bits per heavy atom. The molecular weight excluding hydrogens is 341 g/mol. The second-order valence-electron chi connectivity index (χ2n) is 5.93. The third kappa shape index (κ3) is 3.49. The van der Waals surface area contributed by atoms with Crippen LogP contribution >= 0.6 is 11.6 Å². The quantitative estimate of drug-likeness (QED) is 0.874. The third-order valence-corrected chi connectivity index (χ3v) is 4.62. The summed E-state index contributed by atoms with van der Waals surface area (Å²) in [5.74, 6) is 0.487. The van der Waals surface area contributed by atoms with Crippen molar-refractivity contribution < 1.29 is 18.3 Å². The molecule has 0 saturated carbocycles. The Hall–Kier alpha value is -1.79. The van der Waals surface area contributed by atoms with Gasteiger partial charge < -0.3 is 10.0 Å². The fourth-order valence-corrected chi connectivity index (χ4v) is 3.02. The van der Waals surface area contributed by atoms with Crippen molar-refractivity contribution in [2.75, 3.05) is 18.0 Å². The van der Waals surface area contributed by atoms with E-state index in [2.05, 4.69) is 4.98 Å². The van der Waals surface area contributed by atoms with Crippen LogP contribution in [0.2, 0.25) is 5.02 Å². The van der Waals surface area contributed by atoms with Gasteiger partial charge in [-0.3, -0.25) is 0 Å². The van der Waals surface area contributed by atoms with Gasteiger partial charge >= 0.3 is 6.18 Å². The van der Waals surface area contributed by atoms with Crippen LogP contribution in [0.3, 0.4) is 0 Å². The summed E-state index contributed by atoms with van der Waals surface area (Å²) in [6.07, 6.45) is -2.60. The number of alkyl halides is 3. The van der Waals surface area contributed by atoms with Crippen molar-refractivity contribution in [3.05, 3.63) is 58.7 Å². The number of halogens is 4. The van der Waals surface area contributed by atoms with Crippen molar-refractivity contribution in [3.8, 4) is 0 Å². The normalized spacial score (nSPS) is 17.8. The van der Waals surface area contributed by atoms with Crippen molar-refractivity contribution in [1.29, 1.82) is 0 Å². The molecule has 1 saturated heterocycles. The summed E-state index contributed by atoms with van der Waals surface area (Å²) in [4.78, 5) is 5.79. The molecule has 0 unspecified atom stereocenters. The molecule has 3 nitrogen and oxygen atoms in total. The van der Waals surface area contributed by atoms with Gasteiger partial charge in [0.1, 0.15) is 5.82 Å². The molecule has 3 rings (SSSR count). The third-order valence-electron chi connectivity index (χ3n) is 4.37. The Kier molecular flexibility index (Phi) is 4.44. The summed E-state index contributed by atoms with van der Waals surface area (Å²) < 4.78 is 37.8. The molecule has 1 aliphatic rings. The number of aliphatic hydroxyl groups is 1. The van der Waals surface area contributed by atoms with Crippen LogP contribution in [0.1, 0.15) is 24.0 Å². The highest BCUT2D eigenvalue weighted by Gasteiger charge is 2.35. The molecule has 0 atom stereocenters. The number of benzene rings is 1. The van der Waals surface area contributed by atoms with E-state index in [0.717, 1.165) is 17.8 Å². The van der Waals surface area contributed by atoms with E-state index >= 15 is 0 Å². The largest absolute Gasteiger partial charge is 0.417 e. The van der Waals surface area contributed by atoms with Gasteiger partial charge in [-0.2, -0.15) is 13.2 Å². The van der Waals surface area contributed by atoms with Crippen LogP contribution in [0.5, 0.6) is 0 Å².